The van der Waals surface area contributed by atoms with Crippen molar-refractivity contribution in [3.05, 3.63) is 89.8 Å². The number of piperidine rings is 1. The molecule has 6 rings (SSSR count). The van der Waals surface area contributed by atoms with Crippen molar-refractivity contribution in [3.63, 3.8) is 0 Å². The molecule has 3 heterocycles. The number of carbonyl (C=O) groups is 1. The summed E-state index contributed by atoms with van der Waals surface area (Å²) in [5, 5.41) is 0. The van der Waals surface area contributed by atoms with Crippen LogP contribution in [0.4, 0.5) is 14.5 Å². The van der Waals surface area contributed by atoms with Gasteiger partial charge in [-0.25, -0.2) is 13.8 Å². The number of halogens is 2. The molecule has 1 aromatic heterocycles. The predicted octanol–water partition coefficient (Wildman–Crippen LogP) is 4.93. The summed E-state index contributed by atoms with van der Waals surface area (Å²) in [6.07, 6.45) is 1.82. The second kappa shape index (κ2) is 11.9. The van der Waals surface area contributed by atoms with Crippen LogP contribution < -0.4 is 9.64 Å². The van der Waals surface area contributed by atoms with E-state index < -0.39 is 11.6 Å². The molecule has 0 aliphatic carbocycles. The Hall–Kier alpha value is -3.98. The minimum absolute atomic E-state index is 0.0720. The maximum absolute atomic E-state index is 14.3. The third-order valence-electron chi connectivity index (χ3n) is 8.29. The summed E-state index contributed by atoms with van der Waals surface area (Å²) in [4.78, 5) is 24.7. The van der Waals surface area contributed by atoms with Crippen molar-refractivity contribution in [3.8, 4) is 5.75 Å². The van der Waals surface area contributed by atoms with E-state index in [1.54, 1.807) is 7.11 Å². The number of hydrogen-bond acceptors (Lipinski definition) is 5. The molecule has 41 heavy (non-hydrogen) atoms. The topological polar surface area (TPSA) is 53.8 Å². The highest BCUT2D eigenvalue weighted by Gasteiger charge is 2.32. The molecule has 2 aliphatic heterocycles. The van der Waals surface area contributed by atoms with Crippen molar-refractivity contribution in [1.29, 1.82) is 0 Å². The molecule has 0 spiro atoms. The van der Waals surface area contributed by atoms with Crippen LogP contribution in [-0.4, -0.2) is 71.6 Å². The number of carbonyl (C=O) groups excluding carboxylic acids is 1. The van der Waals surface area contributed by atoms with E-state index >= 15 is 0 Å². The van der Waals surface area contributed by atoms with Crippen molar-refractivity contribution < 1.29 is 18.3 Å². The van der Waals surface area contributed by atoms with Crippen LogP contribution in [0.2, 0.25) is 0 Å². The number of anilines is 1. The molecule has 9 heteroatoms. The van der Waals surface area contributed by atoms with Crippen LogP contribution in [0.5, 0.6) is 5.75 Å². The van der Waals surface area contributed by atoms with E-state index in [2.05, 4.69) is 27.7 Å². The van der Waals surface area contributed by atoms with E-state index in [1.165, 1.54) is 17.7 Å². The fourth-order valence-electron chi connectivity index (χ4n) is 6.10. The van der Waals surface area contributed by atoms with E-state index in [1.807, 2.05) is 40.1 Å². The molecule has 2 saturated heterocycles. The minimum atomic E-state index is -0.585. The number of para-hydroxylation sites is 2. The molecule has 0 unspecified atom stereocenters. The standard InChI is InChI=1S/C32H35F2N5O2/c1-41-26-11-8-23(9-12-26)20-39-30-7-3-2-6-28(30)35-31(39)22-36-14-4-5-24(21-36)32(40)38-17-15-37(16-18-38)29-13-10-25(33)19-27(29)34/h2-3,6-13,19,24H,4-5,14-18,20-22H2,1H3/t24-/m0/s1. The van der Waals surface area contributed by atoms with Gasteiger partial charge in [0.1, 0.15) is 23.2 Å². The van der Waals surface area contributed by atoms with Gasteiger partial charge < -0.3 is 19.1 Å². The number of rotatable bonds is 7. The fraction of sp³-hybridized carbons (Fsp3) is 0.375. The molecule has 2 aliphatic rings. The van der Waals surface area contributed by atoms with Gasteiger partial charge in [0.25, 0.3) is 0 Å². The van der Waals surface area contributed by atoms with E-state index in [4.69, 9.17) is 9.72 Å². The van der Waals surface area contributed by atoms with Crippen LogP contribution in [0, 0.1) is 17.6 Å². The monoisotopic (exact) mass is 559 g/mol. The van der Waals surface area contributed by atoms with Gasteiger partial charge in [-0.15, -0.1) is 0 Å². The zero-order valence-electron chi connectivity index (χ0n) is 23.3. The lowest BCUT2D eigenvalue weighted by Crippen LogP contribution is -2.52. The number of aromatic nitrogens is 2. The van der Waals surface area contributed by atoms with Gasteiger partial charge in [-0.2, -0.15) is 0 Å². The van der Waals surface area contributed by atoms with Crippen LogP contribution in [0.15, 0.2) is 66.7 Å². The third-order valence-corrected chi connectivity index (χ3v) is 8.29. The zero-order chi connectivity index (χ0) is 28.3. The molecule has 0 bridgehead atoms. The third kappa shape index (κ3) is 5.91. The molecule has 3 aromatic carbocycles. The number of nitrogens with zero attached hydrogens (tertiary/aromatic N) is 5. The summed E-state index contributed by atoms with van der Waals surface area (Å²) >= 11 is 0. The number of fused-ring (bicyclic) bond motifs is 1. The second-order valence-electron chi connectivity index (χ2n) is 10.9. The number of ether oxygens (including phenoxy) is 1. The summed E-state index contributed by atoms with van der Waals surface area (Å²) in [5.41, 5.74) is 3.62. The van der Waals surface area contributed by atoms with Gasteiger partial charge in [-0.3, -0.25) is 9.69 Å². The van der Waals surface area contributed by atoms with Crippen molar-refractivity contribution in [1.82, 2.24) is 19.4 Å². The summed E-state index contributed by atoms with van der Waals surface area (Å²) in [7, 11) is 1.67. The molecule has 4 aromatic rings. The first-order valence-corrected chi connectivity index (χ1v) is 14.3. The molecule has 0 radical (unpaired) electrons. The van der Waals surface area contributed by atoms with Crippen LogP contribution in [-0.2, 0) is 17.9 Å². The Morgan fingerprint density at radius 3 is 2.49 bits per heavy atom. The first kappa shape index (κ1) is 27.2. The zero-order valence-corrected chi connectivity index (χ0v) is 23.3. The van der Waals surface area contributed by atoms with Crippen molar-refractivity contribution >= 4 is 22.6 Å². The van der Waals surface area contributed by atoms with Gasteiger partial charge >= 0.3 is 0 Å². The number of imidazole rings is 1. The lowest BCUT2D eigenvalue weighted by atomic mass is 9.96. The van der Waals surface area contributed by atoms with Crippen molar-refractivity contribution in [2.75, 3.05) is 51.3 Å². The Labute approximate surface area is 238 Å². The Balaban J connectivity index is 1.12. The average Bonchev–Trinajstić information content (AvgIpc) is 3.34. The quantitative estimate of drug-likeness (QED) is 0.321. The smallest absolute Gasteiger partial charge is 0.227 e. The summed E-state index contributed by atoms with van der Waals surface area (Å²) in [6, 6.07) is 20.0. The SMILES string of the molecule is COc1ccc(Cn2c(CN3CCC[C@H](C(=O)N4CCN(c5ccc(F)cc5F)CC4)C3)nc3ccccc32)cc1. The summed E-state index contributed by atoms with van der Waals surface area (Å²) < 4.78 is 35.2. The first-order chi connectivity index (χ1) is 20.0. The van der Waals surface area contributed by atoms with Gasteiger partial charge in [0.15, 0.2) is 0 Å². The lowest BCUT2D eigenvalue weighted by Gasteiger charge is -2.39. The van der Waals surface area contributed by atoms with Crippen LogP contribution in [0.3, 0.4) is 0 Å². The predicted molar refractivity (Wildman–Crippen MR) is 155 cm³/mol. The van der Waals surface area contributed by atoms with E-state index in [-0.39, 0.29) is 11.8 Å². The molecule has 7 nitrogen and oxygen atoms in total. The maximum atomic E-state index is 14.3. The van der Waals surface area contributed by atoms with E-state index in [9.17, 15) is 13.6 Å². The Morgan fingerprint density at radius 1 is 0.951 bits per heavy atom. The Kier molecular flexibility index (Phi) is 7.87. The summed E-state index contributed by atoms with van der Waals surface area (Å²) in [6.45, 7) is 5.11. The Morgan fingerprint density at radius 2 is 1.73 bits per heavy atom. The number of benzene rings is 3. The number of hydrogen-bond donors (Lipinski definition) is 0. The fourth-order valence-corrected chi connectivity index (χ4v) is 6.10. The highest BCUT2D eigenvalue weighted by molar-refractivity contribution is 5.79. The number of likely N-dealkylation sites (tertiary alicyclic amines) is 1. The normalized spacial score (nSPS) is 18.2. The van der Waals surface area contributed by atoms with Crippen LogP contribution in [0.25, 0.3) is 11.0 Å². The van der Waals surface area contributed by atoms with Gasteiger partial charge in [-0.05, 0) is 61.3 Å². The van der Waals surface area contributed by atoms with E-state index in [0.29, 0.717) is 51.5 Å². The molecular weight excluding hydrogens is 524 g/mol. The van der Waals surface area contributed by atoms with Crippen molar-refractivity contribution in [2.24, 2.45) is 5.92 Å². The largest absolute Gasteiger partial charge is 0.497 e. The number of amides is 1. The second-order valence-corrected chi connectivity index (χ2v) is 10.9. The van der Waals surface area contributed by atoms with Gasteiger partial charge in [0, 0.05) is 45.3 Å². The van der Waals surface area contributed by atoms with Gasteiger partial charge in [0.05, 0.1) is 36.3 Å². The highest BCUT2D eigenvalue weighted by atomic mass is 19.1. The molecule has 0 saturated carbocycles. The minimum Gasteiger partial charge on any atom is -0.497 e. The number of piperazine rings is 1. The van der Waals surface area contributed by atoms with Gasteiger partial charge in [-0.1, -0.05) is 24.3 Å². The van der Waals surface area contributed by atoms with E-state index in [0.717, 1.165) is 48.1 Å². The maximum Gasteiger partial charge on any atom is 0.227 e. The van der Waals surface area contributed by atoms with Crippen LogP contribution in [0.1, 0.15) is 24.2 Å². The molecule has 0 N–H and O–H groups in total. The highest BCUT2D eigenvalue weighted by Crippen LogP contribution is 2.26. The molecule has 2 fully saturated rings. The molecule has 1 atom stereocenters. The molecule has 1 amide bonds. The number of methoxy groups -OCH3 is 1. The van der Waals surface area contributed by atoms with Crippen molar-refractivity contribution in [2.45, 2.75) is 25.9 Å². The molecule has 214 valence electrons. The first-order valence-electron chi connectivity index (χ1n) is 14.3. The average molecular weight is 560 g/mol. The summed E-state index contributed by atoms with van der Waals surface area (Å²) in [5.74, 6) is 0.768. The molecular formula is C32H35F2N5O2. The lowest BCUT2D eigenvalue weighted by molar-refractivity contribution is -0.137. The van der Waals surface area contributed by atoms with Crippen LogP contribution >= 0.6 is 0 Å². The Bertz CT molecular complexity index is 1510. The van der Waals surface area contributed by atoms with Gasteiger partial charge in [0.2, 0.25) is 5.91 Å².